The van der Waals surface area contributed by atoms with Gasteiger partial charge in [-0.15, -0.1) is 0 Å². The molecule has 0 spiro atoms. The van der Waals surface area contributed by atoms with Crippen LogP contribution in [0, 0.1) is 11.5 Å². The molecule has 2 aliphatic rings. The number of carbonyl (C=O) groups is 1. The zero-order chi connectivity index (χ0) is 17.4. The molecule has 3 atom stereocenters. The number of hydrogen-bond acceptors (Lipinski definition) is 3. The number of nitrogens with zero attached hydrogens (tertiary/aromatic N) is 2. The predicted octanol–water partition coefficient (Wildman–Crippen LogP) is 3.82. The number of hydrogen-bond donors (Lipinski definition) is 1. The van der Waals surface area contributed by atoms with Gasteiger partial charge in [0.15, 0.2) is 6.19 Å². The largest absolute Gasteiger partial charge is 0.347 e. The fourth-order valence-electron chi connectivity index (χ4n) is 4.06. The van der Waals surface area contributed by atoms with Crippen LogP contribution in [-0.2, 0) is 0 Å². The number of nitriles is 1. The van der Waals surface area contributed by atoms with Gasteiger partial charge in [0.1, 0.15) is 0 Å². The van der Waals surface area contributed by atoms with Crippen molar-refractivity contribution in [2.75, 3.05) is 0 Å². The van der Waals surface area contributed by atoms with Crippen LogP contribution < -0.4 is 5.32 Å². The predicted molar refractivity (Wildman–Crippen MR) is 97.0 cm³/mol. The molecule has 0 aliphatic carbocycles. The molecule has 0 radical (unpaired) electrons. The lowest BCUT2D eigenvalue weighted by Crippen LogP contribution is -2.43. The number of fused-ring (bicyclic) bond motifs is 2. The van der Waals surface area contributed by atoms with Crippen LogP contribution in [0.5, 0.6) is 0 Å². The van der Waals surface area contributed by atoms with Crippen LogP contribution in [0.3, 0.4) is 0 Å². The first-order valence-electron chi connectivity index (χ1n) is 8.50. The molecule has 2 saturated heterocycles. The zero-order valence-electron chi connectivity index (χ0n) is 13.7. The van der Waals surface area contributed by atoms with Crippen LogP contribution >= 0.6 is 11.6 Å². The van der Waals surface area contributed by atoms with E-state index in [0.29, 0.717) is 10.6 Å². The molecule has 2 aromatic carbocycles. The average Bonchev–Trinajstić information content (AvgIpc) is 3.18. The highest BCUT2D eigenvalue weighted by Gasteiger charge is 2.46. The highest BCUT2D eigenvalue weighted by atomic mass is 35.5. The quantitative estimate of drug-likeness (QED) is 0.855. The third-order valence-corrected chi connectivity index (χ3v) is 5.49. The van der Waals surface area contributed by atoms with Gasteiger partial charge >= 0.3 is 0 Å². The molecule has 2 bridgehead atoms. The minimum atomic E-state index is -0.0840. The Labute approximate surface area is 152 Å². The van der Waals surface area contributed by atoms with Crippen molar-refractivity contribution in [3.63, 3.8) is 0 Å². The Morgan fingerprint density at radius 3 is 2.64 bits per heavy atom. The summed E-state index contributed by atoms with van der Waals surface area (Å²) in [5.41, 5.74) is 2.57. The van der Waals surface area contributed by atoms with Crippen LogP contribution in [-0.4, -0.2) is 28.9 Å². The van der Waals surface area contributed by atoms with Crippen molar-refractivity contribution in [1.29, 1.82) is 5.26 Å². The Hall–Kier alpha value is -2.51. The monoisotopic (exact) mass is 351 g/mol. The minimum absolute atomic E-state index is 0.0562. The summed E-state index contributed by atoms with van der Waals surface area (Å²) in [6.45, 7) is 0. The molecule has 0 unspecified atom stereocenters. The van der Waals surface area contributed by atoms with Gasteiger partial charge in [-0.25, -0.2) is 0 Å². The molecule has 2 heterocycles. The van der Waals surface area contributed by atoms with Gasteiger partial charge in [-0.1, -0.05) is 35.9 Å². The van der Waals surface area contributed by atoms with Crippen molar-refractivity contribution in [1.82, 2.24) is 10.2 Å². The Bertz CT molecular complexity index is 860. The number of rotatable bonds is 3. The first-order chi connectivity index (χ1) is 12.2. The fraction of sp³-hybridized carbons (Fsp3) is 0.300. The van der Waals surface area contributed by atoms with Crippen molar-refractivity contribution < 1.29 is 4.79 Å². The fourth-order valence-corrected chi connectivity index (χ4v) is 4.25. The topological polar surface area (TPSA) is 56.1 Å². The average molecular weight is 352 g/mol. The van der Waals surface area contributed by atoms with E-state index in [4.69, 9.17) is 11.6 Å². The number of benzene rings is 2. The molecule has 2 aromatic rings. The maximum Gasteiger partial charge on any atom is 0.251 e. The van der Waals surface area contributed by atoms with E-state index < -0.39 is 0 Å². The van der Waals surface area contributed by atoms with Crippen LogP contribution in [0.25, 0.3) is 11.1 Å². The Morgan fingerprint density at radius 2 is 1.92 bits per heavy atom. The van der Waals surface area contributed by atoms with E-state index in [-0.39, 0.29) is 24.0 Å². The second kappa shape index (κ2) is 6.42. The van der Waals surface area contributed by atoms with E-state index in [0.717, 1.165) is 30.4 Å². The molecule has 0 aromatic heterocycles. The van der Waals surface area contributed by atoms with Gasteiger partial charge in [0.25, 0.3) is 5.91 Å². The van der Waals surface area contributed by atoms with Gasteiger partial charge in [-0.3, -0.25) is 4.79 Å². The maximum absolute atomic E-state index is 12.7. The number of carbonyl (C=O) groups excluding carboxylic acids is 1. The van der Waals surface area contributed by atoms with Gasteiger partial charge in [-0.05, 0) is 54.7 Å². The van der Waals surface area contributed by atoms with E-state index in [1.165, 1.54) is 0 Å². The molecule has 4 nitrogen and oxygen atoms in total. The highest BCUT2D eigenvalue weighted by Crippen LogP contribution is 2.37. The highest BCUT2D eigenvalue weighted by molar-refractivity contribution is 6.30. The van der Waals surface area contributed by atoms with Crippen LogP contribution in [0.15, 0.2) is 48.5 Å². The van der Waals surface area contributed by atoms with Gasteiger partial charge < -0.3 is 10.2 Å². The Balaban J connectivity index is 1.52. The summed E-state index contributed by atoms with van der Waals surface area (Å²) in [4.78, 5) is 14.5. The smallest absolute Gasteiger partial charge is 0.251 e. The number of nitrogens with one attached hydrogen (secondary N) is 1. The molecule has 0 saturated carbocycles. The van der Waals surface area contributed by atoms with Gasteiger partial charge in [-0.2, -0.15) is 5.26 Å². The van der Waals surface area contributed by atoms with E-state index in [1.54, 1.807) is 0 Å². The molecule has 1 N–H and O–H groups in total. The van der Waals surface area contributed by atoms with Gasteiger partial charge in [0.05, 0.1) is 12.1 Å². The summed E-state index contributed by atoms with van der Waals surface area (Å²) in [6.07, 6.45) is 5.16. The molecule has 2 fully saturated rings. The Morgan fingerprint density at radius 1 is 1.16 bits per heavy atom. The summed E-state index contributed by atoms with van der Waals surface area (Å²) in [6, 6.07) is 15.6. The maximum atomic E-state index is 12.7. The molecular weight excluding hydrogens is 334 g/mol. The standard InChI is InChI=1S/C20H18ClN3O/c21-16-6-2-4-14(10-16)13-3-1-5-15(9-13)20(25)23-18-11-17-7-8-19(18)24(17)12-22/h1-6,9-10,17-19H,7-8,11H2,(H,23,25)/t17-,18+,19+/m0/s1. The lowest BCUT2D eigenvalue weighted by molar-refractivity contribution is 0.0928. The summed E-state index contributed by atoms with van der Waals surface area (Å²) < 4.78 is 0. The normalized spacial score (nSPS) is 24.2. The lowest BCUT2D eigenvalue weighted by Gasteiger charge is -2.22. The summed E-state index contributed by atoms with van der Waals surface area (Å²) in [5, 5.41) is 13.0. The SMILES string of the molecule is N#CN1[C@H]2CC[C@@H]1[C@H](NC(=O)c1cccc(-c3cccc(Cl)c3)c1)C2. The van der Waals surface area contributed by atoms with Crippen LogP contribution in [0.2, 0.25) is 5.02 Å². The molecule has 5 heteroatoms. The Kier molecular flexibility index (Phi) is 4.10. The molecule has 126 valence electrons. The summed E-state index contributed by atoms with van der Waals surface area (Å²) >= 11 is 6.06. The third kappa shape index (κ3) is 2.96. The van der Waals surface area contributed by atoms with E-state index in [9.17, 15) is 10.1 Å². The first-order valence-corrected chi connectivity index (χ1v) is 8.88. The van der Waals surface area contributed by atoms with Crippen molar-refractivity contribution in [2.24, 2.45) is 0 Å². The molecule has 2 aliphatic heterocycles. The zero-order valence-corrected chi connectivity index (χ0v) is 14.4. The molecule has 1 amide bonds. The van der Waals surface area contributed by atoms with E-state index in [1.807, 2.05) is 53.4 Å². The van der Waals surface area contributed by atoms with Crippen LogP contribution in [0.1, 0.15) is 29.6 Å². The second-order valence-electron chi connectivity index (χ2n) is 6.71. The van der Waals surface area contributed by atoms with Crippen molar-refractivity contribution >= 4 is 17.5 Å². The van der Waals surface area contributed by atoms with E-state index in [2.05, 4.69) is 11.5 Å². The van der Waals surface area contributed by atoms with Gasteiger partial charge in [0.2, 0.25) is 0 Å². The minimum Gasteiger partial charge on any atom is -0.347 e. The van der Waals surface area contributed by atoms with Crippen molar-refractivity contribution in [3.8, 4) is 17.3 Å². The van der Waals surface area contributed by atoms with E-state index >= 15 is 0 Å². The lowest BCUT2D eigenvalue weighted by atomic mass is 9.95. The van der Waals surface area contributed by atoms with Gasteiger partial charge in [0, 0.05) is 16.6 Å². The summed E-state index contributed by atoms with van der Waals surface area (Å²) in [7, 11) is 0. The van der Waals surface area contributed by atoms with Crippen LogP contribution in [0.4, 0.5) is 0 Å². The summed E-state index contributed by atoms with van der Waals surface area (Å²) in [5.74, 6) is -0.0840. The second-order valence-corrected chi connectivity index (χ2v) is 7.15. The first kappa shape index (κ1) is 16.0. The third-order valence-electron chi connectivity index (χ3n) is 5.25. The number of halogens is 1. The molecule has 25 heavy (non-hydrogen) atoms. The molecule has 4 rings (SSSR count). The van der Waals surface area contributed by atoms with Crippen molar-refractivity contribution in [2.45, 2.75) is 37.4 Å². The molecular formula is C20H18ClN3O. The van der Waals surface area contributed by atoms with Crippen molar-refractivity contribution in [3.05, 3.63) is 59.1 Å². The number of amides is 1.